The van der Waals surface area contributed by atoms with Gasteiger partial charge in [-0.25, -0.2) is 19.3 Å². The molecule has 0 unspecified atom stereocenters. The molecule has 3 heterocycles. The molecule has 3 aromatic heterocycles. The average Bonchev–Trinajstić information content (AvgIpc) is 2.62. The van der Waals surface area contributed by atoms with Crippen LogP contribution in [0.25, 0.3) is 33.7 Å². The second-order valence-corrected chi connectivity index (χ2v) is 5.01. The molecule has 0 bridgehead atoms. The summed E-state index contributed by atoms with van der Waals surface area (Å²) in [7, 11) is 0. The van der Waals surface area contributed by atoms with Crippen molar-refractivity contribution < 1.29 is 4.39 Å². The summed E-state index contributed by atoms with van der Waals surface area (Å²) in [6, 6.07) is 15.6. The lowest BCUT2D eigenvalue weighted by atomic mass is 10.1. The molecule has 4 aromatic rings. The lowest BCUT2D eigenvalue weighted by Crippen LogP contribution is -1.94. The molecule has 5 heteroatoms. The van der Waals surface area contributed by atoms with Crippen molar-refractivity contribution in [3.8, 4) is 22.6 Å². The van der Waals surface area contributed by atoms with Gasteiger partial charge in [0.1, 0.15) is 23.4 Å². The van der Waals surface area contributed by atoms with Crippen molar-refractivity contribution in [3.63, 3.8) is 0 Å². The fourth-order valence-electron chi connectivity index (χ4n) is 2.41. The van der Waals surface area contributed by atoms with E-state index < -0.39 is 0 Å². The number of benzene rings is 1. The minimum atomic E-state index is -0.271. The Hall–Kier alpha value is -3.21. The molecule has 0 saturated heterocycles. The van der Waals surface area contributed by atoms with E-state index in [9.17, 15) is 4.39 Å². The van der Waals surface area contributed by atoms with Crippen LogP contribution < -0.4 is 0 Å². The van der Waals surface area contributed by atoms with Crippen LogP contribution in [0.15, 0.2) is 67.1 Å². The largest absolute Gasteiger partial charge is 0.255 e. The molecule has 110 valence electrons. The highest BCUT2D eigenvalue weighted by atomic mass is 19.1. The van der Waals surface area contributed by atoms with Gasteiger partial charge in [-0.2, -0.15) is 0 Å². The smallest absolute Gasteiger partial charge is 0.123 e. The molecule has 0 radical (unpaired) electrons. The van der Waals surface area contributed by atoms with Crippen molar-refractivity contribution >= 4 is 11.0 Å². The van der Waals surface area contributed by atoms with Gasteiger partial charge >= 0.3 is 0 Å². The molecular formula is C18H11FN4. The van der Waals surface area contributed by atoms with E-state index in [0.717, 1.165) is 22.5 Å². The van der Waals surface area contributed by atoms with Crippen LogP contribution in [0.2, 0.25) is 0 Å². The first-order chi connectivity index (χ1) is 11.3. The maximum Gasteiger partial charge on any atom is 0.123 e. The van der Waals surface area contributed by atoms with Gasteiger partial charge < -0.3 is 0 Å². The normalized spacial score (nSPS) is 10.8. The van der Waals surface area contributed by atoms with Gasteiger partial charge in [0.25, 0.3) is 0 Å². The predicted molar refractivity (Wildman–Crippen MR) is 86.0 cm³/mol. The number of halogens is 1. The Balaban J connectivity index is 1.92. The summed E-state index contributed by atoms with van der Waals surface area (Å²) in [5.74, 6) is -0.271. The van der Waals surface area contributed by atoms with Gasteiger partial charge in [0.15, 0.2) is 0 Å². The minimum absolute atomic E-state index is 0.271. The van der Waals surface area contributed by atoms with Gasteiger partial charge in [-0.05, 0) is 48.5 Å². The molecule has 0 amide bonds. The predicted octanol–water partition coefficient (Wildman–Crippen LogP) is 3.89. The monoisotopic (exact) mass is 302 g/mol. The van der Waals surface area contributed by atoms with E-state index in [1.54, 1.807) is 18.3 Å². The molecule has 0 atom stereocenters. The summed E-state index contributed by atoms with van der Waals surface area (Å²) in [4.78, 5) is 17.6. The van der Waals surface area contributed by atoms with E-state index in [1.165, 1.54) is 18.5 Å². The zero-order chi connectivity index (χ0) is 15.6. The summed E-state index contributed by atoms with van der Waals surface area (Å²) in [6.07, 6.45) is 3.22. The standard InChI is InChI=1S/C18H11FN4/c19-13-6-4-12(5-7-13)14-8-9-16-18(23-14)17(22-11-21-16)15-3-1-2-10-20-15/h1-11H. The molecule has 4 rings (SSSR count). The Bertz CT molecular complexity index is 969. The number of hydrogen-bond acceptors (Lipinski definition) is 4. The molecule has 0 saturated carbocycles. The highest BCUT2D eigenvalue weighted by Crippen LogP contribution is 2.25. The lowest BCUT2D eigenvalue weighted by molar-refractivity contribution is 0.628. The Kier molecular flexibility index (Phi) is 3.24. The topological polar surface area (TPSA) is 51.6 Å². The molecule has 0 aliphatic heterocycles. The number of nitrogens with zero attached hydrogens (tertiary/aromatic N) is 4. The van der Waals surface area contributed by atoms with Gasteiger partial charge in [-0.1, -0.05) is 6.07 Å². The lowest BCUT2D eigenvalue weighted by Gasteiger charge is -2.06. The third-order valence-electron chi connectivity index (χ3n) is 3.53. The van der Waals surface area contributed by atoms with Crippen LogP contribution in [0.1, 0.15) is 0 Å². The van der Waals surface area contributed by atoms with E-state index in [2.05, 4.69) is 19.9 Å². The maximum atomic E-state index is 13.1. The Morgan fingerprint density at radius 1 is 0.739 bits per heavy atom. The van der Waals surface area contributed by atoms with Crippen molar-refractivity contribution in [3.05, 3.63) is 72.9 Å². The van der Waals surface area contributed by atoms with Crippen LogP contribution >= 0.6 is 0 Å². The molecule has 4 nitrogen and oxygen atoms in total. The van der Waals surface area contributed by atoms with Crippen molar-refractivity contribution in [2.75, 3.05) is 0 Å². The van der Waals surface area contributed by atoms with Crippen LogP contribution in [-0.2, 0) is 0 Å². The summed E-state index contributed by atoms with van der Waals surface area (Å²) in [6.45, 7) is 0. The molecule has 0 fully saturated rings. The van der Waals surface area contributed by atoms with Gasteiger partial charge in [-0.15, -0.1) is 0 Å². The van der Waals surface area contributed by atoms with Crippen LogP contribution in [0.5, 0.6) is 0 Å². The van der Waals surface area contributed by atoms with E-state index in [-0.39, 0.29) is 5.82 Å². The van der Waals surface area contributed by atoms with Gasteiger partial charge in [0.05, 0.1) is 16.9 Å². The van der Waals surface area contributed by atoms with Gasteiger partial charge in [-0.3, -0.25) is 4.98 Å². The number of rotatable bonds is 2. The Morgan fingerprint density at radius 3 is 2.39 bits per heavy atom. The van der Waals surface area contributed by atoms with Gasteiger partial charge in [0.2, 0.25) is 0 Å². The fourth-order valence-corrected chi connectivity index (χ4v) is 2.41. The molecule has 0 spiro atoms. The van der Waals surface area contributed by atoms with Crippen LogP contribution in [-0.4, -0.2) is 19.9 Å². The number of pyridine rings is 2. The van der Waals surface area contributed by atoms with Crippen molar-refractivity contribution in [1.82, 2.24) is 19.9 Å². The van der Waals surface area contributed by atoms with Gasteiger partial charge in [0, 0.05) is 11.8 Å². The highest BCUT2D eigenvalue weighted by Gasteiger charge is 2.10. The zero-order valence-corrected chi connectivity index (χ0v) is 12.0. The van der Waals surface area contributed by atoms with Crippen LogP contribution in [0.3, 0.4) is 0 Å². The SMILES string of the molecule is Fc1ccc(-c2ccc3ncnc(-c4ccccn4)c3n2)cc1. The molecule has 0 N–H and O–H groups in total. The number of fused-ring (bicyclic) bond motifs is 1. The quantitative estimate of drug-likeness (QED) is 0.563. The summed E-state index contributed by atoms with van der Waals surface area (Å²) < 4.78 is 13.1. The Morgan fingerprint density at radius 2 is 1.61 bits per heavy atom. The first kappa shape index (κ1) is 13.5. The fraction of sp³-hybridized carbons (Fsp3) is 0. The van der Waals surface area contributed by atoms with E-state index >= 15 is 0 Å². The second kappa shape index (κ2) is 5.53. The van der Waals surface area contributed by atoms with E-state index in [0.29, 0.717) is 11.2 Å². The third-order valence-corrected chi connectivity index (χ3v) is 3.53. The van der Waals surface area contributed by atoms with Crippen molar-refractivity contribution in [1.29, 1.82) is 0 Å². The van der Waals surface area contributed by atoms with E-state index in [4.69, 9.17) is 0 Å². The molecule has 23 heavy (non-hydrogen) atoms. The third kappa shape index (κ3) is 2.53. The minimum Gasteiger partial charge on any atom is -0.255 e. The molecule has 1 aromatic carbocycles. The Labute approximate surface area is 131 Å². The molecule has 0 aliphatic carbocycles. The number of aromatic nitrogens is 4. The zero-order valence-electron chi connectivity index (χ0n) is 12.0. The van der Waals surface area contributed by atoms with Crippen molar-refractivity contribution in [2.45, 2.75) is 0 Å². The summed E-state index contributed by atoms with van der Waals surface area (Å²) in [5.41, 5.74) is 4.41. The van der Waals surface area contributed by atoms with Crippen molar-refractivity contribution in [2.24, 2.45) is 0 Å². The summed E-state index contributed by atoms with van der Waals surface area (Å²) >= 11 is 0. The molecule has 0 aliphatic rings. The summed E-state index contributed by atoms with van der Waals surface area (Å²) in [5, 5.41) is 0. The number of hydrogen-bond donors (Lipinski definition) is 0. The maximum absolute atomic E-state index is 13.1. The second-order valence-electron chi connectivity index (χ2n) is 5.01. The highest BCUT2D eigenvalue weighted by molar-refractivity contribution is 5.89. The first-order valence-corrected chi connectivity index (χ1v) is 7.10. The van der Waals surface area contributed by atoms with Crippen LogP contribution in [0.4, 0.5) is 4.39 Å². The van der Waals surface area contributed by atoms with E-state index in [1.807, 2.05) is 30.3 Å². The molecular weight excluding hydrogens is 291 g/mol. The van der Waals surface area contributed by atoms with Crippen LogP contribution in [0, 0.1) is 5.82 Å². The first-order valence-electron chi connectivity index (χ1n) is 7.10. The average molecular weight is 302 g/mol.